The van der Waals surface area contributed by atoms with Crippen LogP contribution >= 0.6 is 0 Å². The lowest BCUT2D eigenvalue weighted by Gasteiger charge is -2.10. The minimum absolute atomic E-state index is 0.0491. The first-order valence-corrected chi connectivity index (χ1v) is 5.37. The highest BCUT2D eigenvalue weighted by atomic mass is 19.4. The predicted molar refractivity (Wildman–Crippen MR) is 58.8 cm³/mol. The van der Waals surface area contributed by atoms with Crippen LogP contribution in [-0.4, -0.2) is 23.9 Å². The fraction of sp³-hybridized carbons (Fsp3) is 0.455. The molecular formula is C11H12F3NO4. The van der Waals surface area contributed by atoms with Crippen LogP contribution < -0.4 is 10.3 Å². The molecule has 5 nitrogen and oxygen atoms in total. The van der Waals surface area contributed by atoms with Crippen molar-refractivity contribution in [1.29, 1.82) is 0 Å². The minimum Gasteiger partial charge on any atom is -0.466 e. The summed E-state index contributed by atoms with van der Waals surface area (Å²) in [5.74, 6) is -1.34. The van der Waals surface area contributed by atoms with Crippen LogP contribution in [0, 0.1) is 6.92 Å². The number of ether oxygens (including phenoxy) is 2. The first kappa shape index (κ1) is 15.1. The molecule has 0 saturated carbocycles. The van der Waals surface area contributed by atoms with Crippen molar-refractivity contribution < 1.29 is 27.4 Å². The highest BCUT2D eigenvalue weighted by Crippen LogP contribution is 2.21. The lowest BCUT2D eigenvalue weighted by atomic mass is 10.1. The summed E-state index contributed by atoms with van der Waals surface area (Å²) in [6.45, 7) is 3.17. The van der Waals surface area contributed by atoms with Gasteiger partial charge in [-0.1, -0.05) is 0 Å². The number of nitrogens with one attached hydrogen (secondary N) is 1. The third-order valence-electron chi connectivity index (χ3n) is 2.19. The van der Waals surface area contributed by atoms with Crippen molar-refractivity contribution in [3.63, 3.8) is 0 Å². The van der Waals surface area contributed by atoms with Crippen molar-refractivity contribution in [3.8, 4) is 5.88 Å². The van der Waals surface area contributed by atoms with Gasteiger partial charge in [0.2, 0.25) is 5.88 Å². The number of aryl methyl sites for hydroxylation is 1. The van der Waals surface area contributed by atoms with Gasteiger partial charge in [0.15, 0.2) is 0 Å². The van der Waals surface area contributed by atoms with Crippen molar-refractivity contribution in [2.24, 2.45) is 0 Å². The van der Waals surface area contributed by atoms with Gasteiger partial charge in [0.1, 0.15) is 0 Å². The Bertz CT molecular complexity index is 522. The molecule has 106 valence electrons. The SMILES string of the molecule is CCOC(=O)Cc1c(C)cc(OC(F)(F)F)[nH]c1=O. The van der Waals surface area contributed by atoms with Crippen LogP contribution in [0.5, 0.6) is 5.88 Å². The van der Waals surface area contributed by atoms with Crippen molar-refractivity contribution in [3.05, 3.63) is 27.5 Å². The highest BCUT2D eigenvalue weighted by molar-refractivity contribution is 5.72. The van der Waals surface area contributed by atoms with E-state index in [1.807, 2.05) is 4.98 Å². The van der Waals surface area contributed by atoms with E-state index >= 15 is 0 Å². The monoisotopic (exact) mass is 279 g/mol. The Kier molecular flexibility index (Phi) is 4.57. The number of H-pyrrole nitrogens is 1. The summed E-state index contributed by atoms with van der Waals surface area (Å²) in [5, 5.41) is 0. The van der Waals surface area contributed by atoms with E-state index in [-0.39, 0.29) is 24.2 Å². The van der Waals surface area contributed by atoms with Gasteiger partial charge >= 0.3 is 12.3 Å². The summed E-state index contributed by atoms with van der Waals surface area (Å²) in [7, 11) is 0. The third-order valence-corrected chi connectivity index (χ3v) is 2.19. The average molecular weight is 279 g/mol. The number of rotatable bonds is 4. The molecule has 0 saturated heterocycles. The van der Waals surface area contributed by atoms with Crippen LogP contribution in [0.25, 0.3) is 0 Å². The van der Waals surface area contributed by atoms with Crippen molar-refractivity contribution in [2.75, 3.05) is 6.61 Å². The Morgan fingerprint density at radius 1 is 1.42 bits per heavy atom. The molecule has 0 aliphatic carbocycles. The van der Waals surface area contributed by atoms with Gasteiger partial charge in [-0.15, -0.1) is 13.2 Å². The molecule has 0 atom stereocenters. The van der Waals surface area contributed by atoms with E-state index in [4.69, 9.17) is 0 Å². The molecule has 0 aliphatic heterocycles. The zero-order valence-corrected chi connectivity index (χ0v) is 10.3. The Labute approximate surface area is 106 Å². The number of halogens is 3. The van der Waals surface area contributed by atoms with Crippen LogP contribution in [0.15, 0.2) is 10.9 Å². The fourth-order valence-electron chi connectivity index (χ4n) is 1.44. The second-order valence-electron chi connectivity index (χ2n) is 3.65. The summed E-state index contributed by atoms with van der Waals surface area (Å²) in [6.07, 6.45) is -5.20. The molecule has 0 fully saturated rings. The van der Waals surface area contributed by atoms with E-state index in [9.17, 15) is 22.8 Å². The smallest absolute Gasteiger partial charge is 0.466 e. The number of carbonyl (C=O) groups excluding carboxylic acids is 1. The first-order valence-electron chi connectivity index (χ1n) is 5.37. The molecule has 1 aromatic rings. The number of esters is 1. The van der Waals surface area contributed by atoms with Crippen molar-refractivity contribution in [1.82, 2.24) is 4.98 Å². The van der Waals surface area contributed by atoms with E-state index < -0.39 is 23.8 Å². The van der Waals surface area contributed by atoms with Crippen LogP contribution in [0.4, 0.5) is 13.2 Å². The van der Waals surface area contributed by atoms with Gasteiger partial charge in [0.05, 0.1) is 13.0 Å². The van der Waals surface area contributed by atoms with E-state index in [0.717, 1.165) is 6.07 Å². The molecule has 1 rings (SSSR count). The molecule has 0 aliphatic rings. The van der Waals surface area contributed by atoms with Gasteiger partial charge in [0.25, 0.3) is 5.56 Å². The summed E-state index contributed by atoms with van der Waals surface area (Å²) in [5.41, 5.74) is -0.545. The van der Waals surface area contributed by atoms with Crippen molar-refractivity contribution >= 4 is 5.97 Å². The second-order valence-corrected chi connectivity index (χ2v) is 3.65. The summed E-state index contributed by atoms with van der Waals surface area (Å²) >= 11 is 0. The summed E-state index contributed by atoms with van der Waals surface area (Å²) < 4.78 is 44.3. The number of carbonyl (C=O) groups is 1. The topological polar surface area (TPSA) is 68.4 Å². The summed E-state index contributed by atoms with van der Waals surface area (Å²) in [6, 6.07) is 1.00. The quantitative estimate of drug-likeness (QED) is 0.851. The van der Waals surface area contributed by atoms with E-state index in [0.29, 0.717) is 0 Å². The van der Waals surface area contributed by atoms with Gasteiger partial charge in [-0.3, -0.25) is 14.6 Å². The third kappa shape index (κ3) is 4.65. The second kappa shape index (κ2) is 5.77. The Balaban J connectivity index is 2.98. The lowest BCUT2D eigenvalue weighted by Crippen LogP contribution is -2.23. The Morgan fingerprint density at radius 3 is 2.53 bits per heavy atom. The molecule has 1 N–H and O–H groups in total. The molecule has 0 amide bonds. The number of hydrogen-bond acceptors (Lipinski definition) is 4. The average Bonchev–Trinajstić information content (AvgIpc) is 2.21. The van der Waals surface area contributed by atoms with Crippen LogP contribution in [0.1, 0.15) is 18.1 Å². The van der Waals surface area contributed by atoms with Gasteiger partial charge in [-0.25, -0.2) is 0 Å². The van der Waals surface area contributed by atoms with Crippen molar-refractivity contribution in [2.45, 2.75) is 26.6 Å². The Hall–Kier alpha value is -1.99. The molecule has 0 bridgehead atoms. The first-order chi connectivity index (χ1) is 8.73. The van der Waals surface area contributed by atoms with E-state index in [1.165, 1.54) is 6.92 Å². The van der Waals surface area contributed by atoms with Gasteiger partial charge in [0, 0.05) is 11.6 Å². The molecule has 8 heteroatoms. The van der Waals surface area contributed by atoms with Gasteiger partial charge in [-0.05, 0) is 19.4 Å². The lowest BCUT2D eigenvalue weighted by molar-refractivity contribution is -0.276. The fourth-order valence-corrected chi connectivity index (χ4v) is 1.44. The molecular weight excluding hydrogens is 267 g/mol. The highest BCUT2D eigenvalue weighted by Gasteiger charge is 2.32. The maximum absolute atomic E-state index is 12.0. The molecule has 0 unspecified atom stereocenters. The number of hydrogen-bond donors (Lipinski definition) is 1. The molecule has 0 radical (unpaired) electrons. The van der Waals surface area contributed by atoms with E-state index in [1.54, 1.807) is 6.92 Å². The van der Waals surface area contributed by atoms with Gasteiger partial charge in [-0.2, -0.15) is 0 Å². The zero-order valence-electron chi connectivity index (χ0n) is 10.3. The number of pyridine rings is 1. The minimum atomic E-state index is -4.89. The maximum atomic E-state index is 12.0. The predicted octanol–water partition coefficient (Wildman–Crippen LogP) is 1.69. The standard InChI is InChI=1S/C11H12F3NO4/c1-3-18-9(16)5-7-6(2)4-8(15-10(7)17)19-11(12,13)14/h4H,3,5H2,1-2H3,(H,15,17). The van der Waals surface area contributed by atoms with Gasteiger partial charge < -0.3 is 9.47 Å². The summed E-state index contributed by atoms with van der Waals surface area (Å²) in [4.78, 5) is 24.7. The molecule has 19 heavy (non-hydrogen) atoms. The Morgan fingerprint density at radius 2 is 2.05 bits per heavy atom. The molecule has 0 aromatic carbocycles. The zero-order chi connectivity index (χ0) is 14.6. The number of aromatic nitrogens is 1. The molecule has 1 heterocycles. The normalized spacial score (nSPS) is 11.2. The number of alkyl halides is 3. The van der Waals surface area contributed by atoms with Crippen LogP contribution in [0.2, 0.25) is 0 Å². The van der Waals surface area contributed by atoms with Crippen LogP contribution in [-0.2, 0) is 16.0 Å². The van der Waals surface area contributed by atoms with E-state index in [2.05, 4.69) is 9.47 Å². The molecule has 1 aromatic heterocycles. The van der Waals surface area contributed by atoms with Crippen LogP contribution in [0.3, 0.4) is 0 Å². The number of aromatic amines is 1. The molecule has 0 spiro atoms. The maximum Gasteiger partial charge on any atom is 0.574 e. The largest absolute Gasteiger partial charge is 0.574 e.